The number of amides is 1. The molecule has 0 spiro atoms. The van der Waals surface area contributed by atoms with Crippen LogP contribution in [-0.4, -0.2) is 64.1 Å². The molecular weight excluding hydrogens is 340 g/mol. The Bertz CT molecular complexity index is 766. The molecule has 2 aliphatic heterocycles. The lowest BCUT2D eigenvalue weighted by Crippen LogP contribution is -2.60. The first-order valence-corrected chi connectivity index (χ1v) is 9.73. The molecule has 0 bridgehead atoms. The molecule has 0 N–H and O–H groups in total. The zero-order valence-electron chi connectivity index (χ0n) is 15.8. The number of likely N-dealkylation sites (tertiary alicyclic amines) is 1. The van der Waals surface area contributed by atoms with Crippen LogP contribution in [0.15, 0.2) is 42.9 Å². The number of nitrogens with zero attached hydrogens (tertiary/aromatic N) is 4. The third kappa shape index (κ3) is 4.01. The Kier molecular flexibility index (Phi) is 5.45. The minimum Gasteiger partial charge on any atom is -0.375 e. The lowest BCUT2D eigenvalue weighted by molar-refractivity contribution is -0.101. The Morgan fingerprint density at radius 3 is 2.93 bits per heavy atom. The minimum atomic E-state index is 0.0653. The zero-order chi connectivity index (χ0) is 18.6. The van der Waals surface area contributed by atoms with E-state index in [-0.39, 0.29) is 18.1 Å². The van der Waals surface area contributed by atoms with Crippen LogP contribution in [0.4, 0.5) is 0 Å². The molecule has 2 saturated heterocycles. The van der Waals surface area contributed by atoms with Gasteiger partial charge in [0.05, 0.1) is 24.3 Å². The number of pyridine rings is 2. The fourth-order valence-electron chi connectivity index (χ4n) is 3.99. The predicted octanol–water partition coefficient (Wildman–Crippen LogP) is 2.15. The van der Waals surface area contributed by atoms with Crippen LogP contribution < -0.4 is 0 Å². The summed E-state index contributed by atoms with van der Waals surface area (Å²) in [6, 6.07) is 8.13. The molecule has 0 saturated carbocycles. The van der Waals surface area contributed by atoms with E-state index in [2.05, 4.69) is 27.9 Å². The number of aryl methyl sites for hydroxylation is 1. The second kappa shape index (κ2) is 8.15. The molecule has 2 atom stereocenters. The topological polar surface area (TPSA) is 58.6 Å². The number of hydrogen-bond acceptors (Lipinski definition) is 5. The van der Waals surface area contributed by atoms with E-state index in [1.165, 1.54) is 5.56 Å². The second-order valence-corrected chi connectivity index (χ2v) is 7.24. The van der Waals surface area contributed by atoms with Crippen LogP contribution in [0.2, 0.25) is 0 Å². The number of aromatic nitrogens is 2. The van der Waals surface area contributed by atoms with Crippen molar-refractivity contribution in [3.05, 3.63) is 59.7 Å². The van der Waals surface area contributed by atoms with Gasteiger partial charge in [-0.15, -0.1) is 0 Å². The van der Waals surface area contributed by atoms with E-state index in [9.17, 15) is 4.79 Å². The first kappa shape index (κ1) is 18.1. The van der Waals surface area contributed by atoms with E-state index in [4.69, 9.17) is 4.74 Å². The van der Waals surface area contributed by atoms with E-state index >= 15 is 0 Å². The molecule has 4 heterocycles. The summed E-state index contributed by atoms with van der Waals surface area (Å²) >= 11 is 0. The number of hydrogen-bond donors (Lipinski definition) is 0. The van der Waals surface area contributed by atoms with Gasteiger partial charge in [0.2, 0.25) is 0 Å². The van der Waals surface area contributed by atoms with E-state index in [1.807, 2.05) is 29.3 Å². The van der Waals surface area contributed by atoms with Crippen molar-refractivity contribution in [1.29, 1.82) is 0 Å². The molecule has 6 heteroatoms. The molecule has 0 radical (unpaired) electrons. The number of fused-ring (bicyclic) bond motifs is 1. The zero-order valence-corrected chi connectivity index (χ0v) is 15.8. The van der Waals surface area contributed by atoms with Gasteiger partial charge in [-0.1, -0.05) is 13.0 Å². The Morgan fingerprint density at radius 1 is 1.26 bits per heavy atom. The van der Waals surface area contributed by atoms with Crippen molar-refractivity contribution in [3.63, 3.8) is 0 Å². The van der Waals surface area contributed by atoms with Gasteiger partial charge in [-0.3, -0.25) is 19.7 Å². The highest BCUT2D eigenvalue weighted by molar-refractivity contribution is 5.94. The quantitative estimate of drug-likeness (QED) is 0.830. The number of carbonyl (C=O) groups excluding carboxylic acids is 1. The monoisotopic (exact) mass is 366 g/mol. The maximum atomic E-state index is 13.0. The Hall–Kier alpha value is -2.31. The van der Waals surface area contributed by atoms with Crippen molar-refractivity contribution < 1.29 is 9.53 Å². The maximum absolute atomic E-state index is 13.0. The lowest BCUT2D eigenvalue weighted by Gasteiger charge is -2.47. The van der Waals surface area contributed by atoms with E-state index in [1.54, 1.807) is 12.4 Å². The van der Waals surface area contributed by atoms with Gasteiger partial charge >= 0.3 is 0 Å². The molecule has 6 nitrogen and oxygen atoms in total. The number of carbonyl (C=O) groups is 1. The molecule has 142 valence electrons. The van der Waals surface area contributed by atoms with Gasteiger partial charge in [0, 0.05) is 50.5 Å². The second-order valence-electron chi connectivity index (χ2n) is 7.24. The molecule has 0 aliphatic carbocycles. The largest absolute Gasteiger partial charge is 0.375 e. The van der Waals surface area contributed by atoms with Gasteiger partial charge in [-0.2, -0.15) is 0 Å². The molecule has 2 aromatic heterocycles. The van der Waals surface area contributed by atoms with Gasteiger partial charge in [-0.25, -0.2) is 0 Å². The van der Waals surface area contributed by atoms with Gasteiger partial charge in [0.25, 0.3) is 5.91 Å². The minimum absolute atomic E-state index is 0.0653. The fraction of sp³-hybridized carbons (Fsp3) is 0.476. The third-order valence-electron chi connectivity index (χ3n) is 5.53. The average molecular weight is 366 g/mol. The Morgan fingerprint density at radius 2 is 2.19 bits per heavy atom. The molecule has 2 aliphatic rings. The Labute approximate surface area is 160 Å². The molecular formula is C21H26N4O2. The average Bonchev–Trinajstić information content (AvgIpc) is 2.74. The molecule has 27 heavy (non-hydrogen) atoms. The molecule has 2 aromatic rings. The highest BCUT2D eigenvalue weighted by Gasteiger charge is 2.38. The third-order valence-corrected chi connectivity index (χ3v) is 5.53. The van der Waals surface area contributed by atoms with E-state index in [0.29, 0.717) is 12.1 Å². The normalized spacial score (nSPS) is 23.1. The van der Waals surface area contributed by atoms with Crippen molar-refractivity contribution in [3.8, 4) is 0 Å². The van der Waals surface area contributed by atoms with Crippen LogP contribution in [0.25, 0.3) is 0 Å². The smallest absolute Gasteiger partial charge is 0.255 e. The summed E-state index contributed by atoms with van der Waals surface area (Å²) in [5.74, 6) is 0.0653. The SMILES string of the molecule is CCc1ccc(C(=O)N2CC[C@@H]3OCCN(Cc4cccnc4)[C@H]3C2)cn1. The highest BCUT2D eigenvalue weighted by atomic mass is 16.5. The number of rotatable bonds is 4. The summed E-state index contributed by atoms with van der Waals surface area (Å²) in [5, 5.41) is 0. The van der Waals surface area contributed by atoms with Crippen molar-refractivity contribution in [1.82, 2.24) is 19.8 Å². The van der Waals surface area contributed by atoms with Crippen LogP contribution in [0.5, 0.6) is 0 Å². The standard InChI is InChI=1S/C21H26N4O2/c1-2-18-6-5-17(13-23-18)21(26)25-9-7-20-19(15-25)24(10-11-27-20)14-16-4-3-8-22-12-16/h3-6,8,12-13,19-20H,2,7,9-11,14-15H2,1H3/t19-,20-/m0/s1. The summed E-state index contributed by atoms with van der Waals surface area (Å²) in [7, 11) is 0. The number of ether oxygens (including phenoxy) is 1. The first-order chi connectivity index (χ1) is 13.2. The van der Waals surface area contributed by atoms with Crippen LogP contribution >= 0.6 is 0 Å². The molecule has 4 rings (SSSR count). The summed E-state index contributed by atoms with van der Waals surface area (Å²) in [6.45, 7) is 5.96. The summed E-state index contributed by atoms with van der Waals surface area (Å²) < 4.78 is 6.01. The van der Waals surface area contributed by atoms with Crippen LogP contribution in [0.1, 0.15) is 35.0 Å². The maximum Gasteiger partial charge on any atom is 0.255 e. The number of piperidine rings is 1. The highest BCUT2D eigenvalue weighted by Crippen LogP contribution is 2.25. The van der Waals surface area contributed by atoms with Gasteiger partial charge in [0.15, 0.2) is 0 Å². The fourth-order valence-corrected chi connectivity index (χ4v) is 3.99. The summed E-state index contributed by atoms with van der Waals surface area (Å²) in [5.41, 5.74) is 2.87. The Balaban J connectivity index is 1.46. The van der Waals surface area contributed by atoms with Gasteiger partial charge in [-0.05, 0) is 36.6 Å². The van der Waals surface area contributed by atoms with Crippen molar-refractivity contribution in [2.75, 3.05) is 26.2 Å². The lowest BCUT2D eigenvalue weighted by atomic mass is 9.97. The van der Waals surface area contributed by atoms with Crippen LogP contribution in [-0.2, 0) is 17.7 Å². The van der Waals surface area contributed by atoms with Crippen molar-refractivity contribution in [2.45, 2.75) is 38.5 Å². The molecule has 2 fully saturated rings. The van der Waals surface area contributed by atoms with Crippen molar-refractivity contribution >= 4 is 5.91 Å². The summed E-state index contributed by atoms with van der Waals surface area (Å²) in [6.07, 6.45) is 7.36. The first-order valence-electron chi connectivity index (χ1n) is 9.73. The number of morpholine rings is 1. The van der Waals surface area contributed by atoms with E-state index in [0.717, 1.165) is 44.8 Å². The van der Waals surface area contributed by atoms with Crippen LogP contribution in [0, 0.1) is 0 Å². The molecule has 0 aromatic carbocycles. The van der Waals surface area contributed by atoms with E-state index < -0.39 is 0 Å². The summed E-state index contributed by atoms with van der Waals surface area (Å²) in [4.78, 5) is 25.9. The molecule has 0 unspecified atom stereocenters. The van der Waals surface area contributed by atoms with Crippen LogP contribution in [0.3, 0.4) is 0 Å². The van der Waals surface area contributed by atoms with Gasteiger partial charge < -0.3 is 9.64 Å². The molecule has 1 amide bonds. The van der Waals surface area contributed by atoms with Gasteiger partial charge in [0.1, 0.15) is 0 Å². The van der Waals surface area contributed by atoms with Crippen molar-refractivity contribution in [2.24, 2.45) is 0 Å². The predicted molar refractivity (Wildman–Crippen MR) is 102 cm³/mol.